The molecule has 0 fully saturated rings. The predicted octanol–water partition coefficient (Wildman–Crippen LogP) is 0.552. The Bertz CT molecular complexity index is 232. The molecule has 2 N–H and O–H groups in total. The summed E-state index contributed by atoms with van der Waals surface area (Å²) in [6, 6.07) is 1.98. The van der Waals surface area contributed by atoms with Crippen molar-refractivity contribution >= 4 is 0 Å². The van der Waals surface area contributed by atoms with Crippen molar-refractivity contribution in [3.8, 4) is 0 Å². The summed E-state index contributed by atoms with van der Waals surface area (Å²) in [5.74, 6) is 0. The molecule has 0 amide bonds. The van der Waals surface area contributed by atoms with Gasteiger partial charge in [-0.15, -0.1) is 0 Å². The van der Waals surface area contributed by atoms with Gasteiger partial charge in [0.05, 0.1) is 11.4 Å². The largest absolute Gasteiger partial charge is 0.325 e. The van der Waals surface area contributed by atoms with Crippen molar-refractivity contribution < 1.29 is 0 Å². The molecule has 3 nitrogen and oxygen atoms in total. The zero-order valence-electron chi connectivity index (χ0n) is 6.26. The van der Waals surface area contributed by atoms with E-state index in [1.54, 1.807) is 0 Å². The number of nitrogens with zero attached hydrogens (tertiary/aromatic N) is 2. The Labute approximate surface area is 60.3 Å². The second-order valence-electron chi connectivity index (χ2n) is 2.32. The molecule has 1 aromatic heterocycles. The molecular weight excluding hydrogens is 126 g/mol. The zero-order valence-corrected chi connectivity index (χ0v) is 6.26. The highest BCUT2D eigenvalue weighted by molar-refractivity contribution is 5.18. The molecule has 0 aliphatic heterocycles. The van der Waals surface area contributed by atoms with Gasteiger partial charge in [0.2, 0.25) is 0 Å². The minimum atomic E-state index is 0.471. The summed E-state index contributed by atoms with van der Waals surface area (Å²) in [5.41, 5.74) is 8.34. The van der Waals surface area contributed by atoms with Crippen LogP contribution in [-0.4, -0.2) is 10.2 Å². The Morgan fingerprint density at radius 1 is 1.40 bits per heavy atom. The molecule has 3 heteroatoms. The van der Waals surface area contributed by atoms with Crippen LogP contribution in [-0.2, 0) is 6.54 Å². The van der Waals surface area contributed by atoms with E-state index in [0.29, 0.717) is 6.54 Å². The lowest BCUT2D eigenvalue weighted by Crippen LogP contribution is -2.04. The molecule has 0 atom stereocenters. The van der Waals surface area contributed by atoms with Gasteiger partial charge in [-0.25, -0.2) is 0 Å². The van der Waals surface area contributed by atoms with Gasteiger partial charge in [-0.2, -0.15) is 10.2 Å². The summed E-state index contributed by atoms with van der Waals surface area (Å²) in [7, 11) is 0. The van der Waals surface area contributed by atoms with Crippen molar-refractivity contribution in [1.82, 2.24) is 10.2 Å². The number of nitrogens with two attached hydrogens (primary N) is 1. The molecule has 0 unspecified atom stereocenters. The molecule has 1 heterocycles. The van der Waals surface area contributed by atoms with Gasteiger partial charge in [-0.1, -0.05) is 0 Å². The minimum Gasteiger partial charge on any atom is -0.325 e. The number of hydrogen-bond donors (Lipinski definition) is 1. The predicted molar refractivity (Wildman–Crippen MR) is 39.4 cm³/mol. The summed E-state index contributed by atoms with van der Waals surface area (Å²) in [6.07, 6.45) is 0. The second kappa shape index (κ2) is 2.75. The van der Waals surface area contributed by atoms with Crippen LogP contribution in [0.4, 0.5) is 0 Å². The van der Waals surface area contributed by atoms with Crippen LogP contribution in [0.25, 0.3) is 0 Å². The van der Waals surface area contributed by atoms with Crippen LogP contribution in [0.2, 0.25) is 0 Å². The van der Waals surface area contributed by atoms with Gasteiger partial charge in [-0.05, 0) is 25.5 Å². The molecule has 0 bridgehead atoms. The van der Waals surface area contributed by atoms with E-state index in [0.717, 1.165) is 17.0 Å². The molecule has 0 aliphatic carbocycles. The normalized spacial score (nSPS) is 9.90. The Balaban J connectivity index is 3.07. The second-order valence-corrected chi connectivity index (χ2v) is 2.32. The lowest BCUT2D eigenvalue weighted by molar-refractivity contribution is 0.860. The van der Waals surface area contributed by atoms with Gasteiger partial charge in [0.15, 0.2) is 0 Å². The highest BCUT2D eigenvalue weighted by Crippen LogP contribution is 2.02. The molecular formula is C7H11N3. The molecule has 1 rings (SSSR count). The van der Waals surface area contributed by atoms with E-state index in [1.165, 1.54) is 0 Å². The highest BCUT2D eigenvalue weighted by Gasteiger charge is 1.96. The van der Waals surface area contributed by atoms with Gasteiger partial charge < -0.3 is 5.73 Å². The van der Waals surface area contributed by atoms with E-state index in [4.69, 9.17) is 5.73 Å². The van der Waals surface area contributed by atoms with Crippen molar-refractivity contribution in [3.05, 3.63) is 23.0 Å². The van der Waals surface area contributed by atoms with Crippen molar-refractivity contribution in [2.45, 2.75) is 20.4 Å². The van der Waals surface area contributed by atoms with Crippen LogP contribution in [0.3, 0.4) is 0 Å². The Kier molecular flexibility index (Phi) is 1.97. The molecule has 0 spiro atoms. The van der Waals surface area contributed by atoms with Crippen LogP contribution >= 0.6 is 0 Å². The maximum Gasteiger partial charge on any atom is 0.0796 e. The van der Waals surface area contributed by atoms with Crippen LogP contribution in [0.15, 0.2) is 6.07 Å². The number of hydrogen-bond acceptors (Lipinski definition) is 3. The van der Waals surface area contributed by atoms with Crippen molar-refractivity contribution in [1.29, 1.82) is 0 Å². The monoisotopic (exact) mass is 137 g/mol. The van der Waals surface area contributed by atoms with Gasteiger partial charge in [0.1, 0.15) is 0 Å². The number of aryl methyl sites for hydroxylation is 2. The van der Waals surface area contributed by atoms with E-state index >= 15 is 0 Å². The molecule has 10 heavy (non-hydrogen) atoms. The molecule has 0 aromatic carbocycles. The van der Waals surface area contributed by atoms with Crippen molar-refractivity contribution in [3.63, 3.8) is 0 Å². The Hall–Kier alpha value is -0.960. The summed E-state index contributed by atoms with van der Waals surface area (Å²) in [4.78, 5) is 0. The zero-order chi connectivity index (χ0) is 7.56. The van der Waals surface area contributed by atoms with E-state index in [-0.39, 0.29) is 0 Å². The molecule has 0 saturated carbocycles. The van der Waals surface area contributed by atoms with Crippen LogP contribution in [0.5, 0.6) is 0 Å². The Morgan fingerprint density at radius 2 is 2.10 bits per heavy atom. The van der Waals surface area contributed by atoms with Crippen molar-refractivity contribution in [2.24, 2.45) is 5.73 Å². The Morgan fingerprint density at radius 3 is 2.60 bits per heavy atom. The third-order valence-electron chi connectivity index (χ3n) is 1.40. The maximum absolute atomic E-state index is 5.40. The lowest BCUT2D eigenvalue weighted by Gasteiger charge is -1.99. The van der Waals surface area contributed by atoms with Crippen LogP contribution < -0.4 is 5.73 Å². The maximum atomic E-state index is 5.40. The molecule has 0 saturated heterocycles. The highest BCUT2D eigenvalue weighted by atomic mass is 15.1. The van der Waals surface area contributed by atoms with Crippen molar-refractivity contribution in [2.75, 3.05) is 0 Å². The van der Waals surface area contributed by atoms with Gasteiger partial charge in [-0.3, -0.25) is 0 Å². The number of rotatable bonds is 1. The molecule has 0 aliphatic rings. The lowest BCUT2D eigenvalue weighted by atomic mass is 10.2. The quantitative estimate of drug-likeness (QED) is 0.615. The first-order chi connectivity index (χ1) is 4.74. The van der Waals surface area contributed by atoms with Gasteiger partial charge >= 0.3 is 0 Å². The third kappa shape index (κ3) is 1.30. The molecule has 1 aromatic rings. The minimum absolute atomic E-state index is 0.471. The van der Waals surface area contributed by atoms with Crippen LogP contribution in [0, 0.1) is 13.8 Å². The van der Waals surface area contributed by atoms with Gasteiger partial charge in [0, 0.05) is 6.54 Å². The number of aromatic nitrogens is 2. The first-order valence-electron chi connectivity index (χ1n) is 3.24. The summed E-state index contributed by atoms with van der Waals surface area (Å²) < 4.78 is 0. The summed E-state index contributed by atoms with van der Waals surface area (Å²) in [5, 5.41) is 7.80. The van der Waals surface area contributed by atoms with E-state index in [1.807, 2.05) is 19.9 Å². The smallest absolute Gasteiger partial charge is 0.0796 e. The topological polar surface area (TPSA) is 51.8 Å². The SMILES string of the molecule is Cc1cc(C)c(CN)nn1. The van der Waals surface area contributed by atoms with E-state index in [9.17, 15) is 0 Å². The van der Waals surface area contributed by atoms with E-state index in [2.05, 4.69) is 10.2 Å². The fourth-order valence-corrected chi connectivity index (χ4v) is 0.845. The third-order valence-corrected chi connectivity index (χ3v) is 1.40. The van der Waals surface area contributed by atoms with Gasteiger partial charge in [0.25, 0.3) is 0 Å². The molecule has 54 valence electrons. The first kappa shape index (κ1) is 7.15. The average Bonchev–Trinajstić information content (AvgIpc) is 1.88. The standard InChI is InChI=1S/C7H11N3/c1-5-3-6(2)9-10-7(5)4-8/h3H,4,8H2,1-2H3. The molecule has 0 radical (unpaired) electrons. The van der Waals surface area contributed by atoms with E-state index < -0.39 is 0 Å². The van der Waals surface area contributed by atoms with Crippen LogP contribution in [0.1, 0.15) is 17.0 Å². The first-order valence-corrected chi connectivity index (χ1v) is 3.24. The fourth-order valence-electron chi connectivity index (χ4n) is 0.845. The summed E-state index contributed by atoms with van der Waals surface area (Å²) >= 11 is 0. The average molecular weight is 137 g/mol. The summed E-state index contributed by atoms with van der Waals surface area (Å²) in [6.45, 7) is 4.38. The fraction of sp³-hybridized carbons (Fsp3) is 0.429.